The minimum absolute atomic E-state index is 0.0323. The molecule has 0 fully saturated rings. The van der Waals surface area contributed by atoms with Gasteiger partial charge in [-0.05, 0) is 49.3 Å². The van der Waals surface area contributed by atoms with Gasteiger partial charge in [0.2, 0.25) is 0 Å². The van der Waals surface area contributed by atoms with E-state index in [0.717, 1.165) is 12.8 Å². The lowest BCUT2D eigenvalue weighted by molar-refractivity contribution is -0.133. The van der Waals surface area contributed by atoms with Crippen molar-refractivity contribution in [1.29, 1.82) is 0 Å². The van der Waals surface area contributed by atoms with Gasteiger partial charge in [-0.2, -0.15) is 0 Å². The molecule has 0 aromatic heterocycles. The van der Waals surface area contributed by atoms with Crippen molar-refractivity contribution >= 4 is 5.78 Å². The molecule has 24 heavy (non-hydrogen) atoms. The predicted octanol–water partition coefficient (Wildman–Crippen LogP) is 5.32. The Hall–Kier alpha value is -1.41. The lowest BCUT2D eigenvalue weighted by atomic mass is 9.74. The van der Waals surface area contributed by atoms with Gasteiger partial charge >= 0.3 is 0 Å². The maximum Gasteiger partial charge on any atom is 0.185 e. The average Bonchev–Trinajstić information content (AvgIpc) is 3.03. The molecule has 0 saturated heterocycles. The number of fused-ring (bicyclic) bond motifs is 3. The molecule has 4 atom stereocenters. The predicted molar refractivity (Wildman–Crippen MR) is 98.8 cm³/mol. The third kappa shape index (κ3) is 3.80. The minimum Gasteiger partial charge on any atom is -0.358 e. The molecule has 3 rings (SSSR count). The van der Waals surface area contributed by atoms with Crippen molar-refractivity contribution in [2.45, 2.75) is 71.0 Å². The highest BCUT2D eigenvalue weighted by Gasteiger charge is 2.42. The molecule has 0 spiro atoms. The summed E-state index contributed by atoms with van der Waals surface area (Å²) < 4.78 is 6.19. The zero-order chi connectivity index (χ0) is 16.9. The summed E-state index contributed by atoms with van der Waals surface area (Å²) in [4.78, 5) is 12.4. The van der Waals surface area contributed by atoms with E-state index in [0.29, 0.717) is 5.92 Å². The smallest absolute Gasteiger partial charge is 0.185 e. The number of ether oxygens (including phenoxy) is 1. The van der Waals surface area contributed by atoms with Crippen LogP contribution in [0.25, 0.3) is 0 Å². The van der Waals surface area contributed by atoms with Crippen molar-refractivity contribution in [1.82, 2.24) is 0 Å². The summed E-state index contributed by atoms with van der Waals surface area (Å²) in [5.41, 5.74) is 2.44. The van der Waals surface area contributed by atoms with Gasteiger partial charge < -0.3 is 4.74 Å². The van der Waals surface area contributed by atoms with Crippen LogP contribution in [0.15, 0.2) is 47.6 Å². The molecular formula is C22H30O2. The highest BCUT2D eigenvalue weighted by Crippen LogP contribution is 2.42. The van der Waals surface area contributed by atoms with E-state index >= 15 is 0 Å². The van der Waals surface area contributed by atoms with Gasteiger partial charge in [-0.25, -0.2) is 0 Å². The maximum absolute atomic E-state index is 12.4. The van der Waals surface area contributed by atoms with E-state index < -0.39 is 0 Å². The molecule has 0 bridgehead atoms. The first-order chi connectivity index (χ1) is 11.7. The Kier molecular flexibility index (Phi) is 5.89. The molecule has 0 aromatic carbocycles. The molecule has 0 amide bonds. The molecule has 2 heteroatoms. The van der Waals surface area contributed by atoms with Crippen LogP contribution in [0.4, 0.5) is 0 Å². The molecule has 0 aromatic rings. The zero-order valence-electron chi connectivity index (χ0n) is 15.0. The van der Waals surface area contributed by atoms with E-state index in [2.05, 4.69) is 44.2 Å². The minimum atomic E-state index is -0.290. The number of unbranched alkanes of at least 4 members (excludes halogenated alkanes) is 5. The normalized spacial score (nSPS) is 31.8. The van der Waals surface area contributed by atoms with E-state index in [9.17, 15) is 4.79 Å². The first-order valence-corrected chi connectivity index (χ1v) is 9.63. The number of carbonyl (C=O) groups is 1. The van der Waals surface area contributed by atoms with Crippen LogP contribution in [0.2, 0.25) is 0 Å². The highest BCUT2D eigenvalue weighted by molar-refractivity contribution is 5.96. The van der Waals surface area contributed by atoms with Crippen LogP contribution in [-0.2, 0) is 9.53 Å². The van der Waals surface area contributed by atoms with Crippen LogP contribution >= 0.6 is 0 Å². The molecular weight excluding hydrogens is 296 g/mol. The van der Waals surface area contributed by atoms with Crippen molar-refractivity contribution < 1.29 is 9.53 Å². The molecule has 1 aliphatic heterocycles. The van der Waals surface area contributed by atoms with Gasteiger partial charge in [0.05, 0.1) is 6.10 Å². The number of hydrogen-bond acceptors (Lipinski definition) is 2. The highest BCUT2D eigenvalue weighted by atomic mass is 16.5. The van der Waals surface area contributed by atoms with Crippen LogP contribution in [0.3, 0.4) is 0 Å². The maximum atomic E-state index is 12.4. The molecule has 0 radical (unpaired) electrons. The summed E-state index contributed by atoms with van der Waals surface area (Å²) in [6.45, 7) is 4.38. The van der Waals surface area contributed by atoms with Crippen LogP contribution < -0.4 is 0 Å². The van der Waals surface area contributed by atoms with Gasteiger partial charge in [0.15, 0.2) is 5.78 Å². The monoisotopic (exact) mass is 326 g/mol. The molecule has 3 aliphatic rings. The first-order valence-electron chi connectivity index (χ1n) is 9.63. The average molecular weight is 326 g/mol. The van der Waals surface area contributed by atoms with Crippen LogP contribution in [0.1, 0.15) is 58.8 Å². The van der Waals surface area contributed by atoms with Gasteiger partial charge in [0.25, 0.3) is 0 Å². The molecule has 1 unspecified atom stereocenters. The third-order valence-corrected chi connectivity index (χ3v) is 5.51. The van der Waals surface area contributed by atoms with Gasteiger partial charge in [-0.3, -0.25) is 4.79 Å². The van der Waals surface area contributed by atoms with Gasteiger partial charge in [0.1, 0.15) is 6.10 Å². The zero-order valence-corrected chi connectivity index (χ0v) is 15.0. The largest absolute Gasteiger partial charge is 0.358 e. The van der Waals surface area contributed by atoms with Crippen molar-refractivity contribution in [2.24, 2.45) is 11.8 Å². The van der Waals surface area contributed by atoms with E-state index in [1.165, 1.54) is 43.3 Å². The van der Waals surface area contributed by atoms with Gasteiger partial charge in [-0.15, -0.1) is 0 Å². The lowest BCUT2D eigenvalue weighted by Crippen LogP contribution is -2.44. The van der Waals surface area contributed by atoms with Crippen LogP contribution in [0.5, 0.6) is 0 Å². The Labute approximate surface area is 146 Å². The Morgan fingerprint density at radius 1 is 1.25 bits per heavy atom. The Balaban J connectivity index is 1.57. The fourth-order valence-corrected chi connectivity index (χ4v) is 4.10. The van der Waals surface area contributed by atoms with E-state index in [1.54, 1.807) is 6.08 Å². The third-order valence-electron chi connectivity index (χ3n) is 5.51. The van der Waals surface area contributed by atoms with Gasteiger partial charge in [0, 0.05) is 5.92 Å². The molecule has 0 N–H and O–H groups in total. The molecule has 2 aliphatic carbocycles. The number of carbonyl (C=O) groups excluding carboxylic acids is 1. The van der Waals surface area contributed by atoms with Crippen molar-refractivity contribution in [2.75, 3.05) is 0 Å². The Morgan fingerprint density at radius 3 is 2.92 bits per heavy atom. The fourth-order valence-electron chi connectivity index (χ4n) is 4.10. The summed E-state index contributed by atoms with van der Waals surface area (Å²) in [6.07, 6.45) is 21.1. The summed E-state index contributed by atoms with van der Waals surface area (Å²) >= 11 is 0. The number of hydrogen-bond donors (Lipinski definition) is 0. The topological polar surface area (TPSA) is 26.3 Å². The molecule has 2 nitrogen and oxygen atoms in total. The summed E-state index contributed by atoms with van der Waals surface area (Å²) in [6, 6.07) is 0. The summed E-state index contributed by atoms with van der Waals surface area (Å²) in [7, 11) is 0. The van der Waals surface area contributed by atoms with E-state index in [1.807, 2.05) is 0 Å². The van der Waals surface area contributed by atoms with Crippen LogP contribution in [0, 0.1) is 11.8 Å². The lowest BCUT2D eigenvalue weighted by Gasteiger charge is -2.38. The Bertz CT molecular complexity index is 579. The summed E-state index contributed by atoms with van der Waals surface area (Å²) in [5, 5.41) is 0. The number of rotatable bonds is 7. The fraction of sp³-hybridized carbons (Fsp3) is 0.591. The second-order valence-electron chi connectivity index (χ2n) is 7.39. The van der Waals surface area contributed by atoms with Crippen molar-refractivity contribution in [3.63, 3.8) is 0 Å². The number of ketones is 1. The standard InChI is InChI=1S/C22H30O2/c1-3-4-5-6-7-8-9-13-21-16(2)14-19-18-12-10-11-17(18)15-20(23)22(19)24-21/h9-11,13-15,18-19,21-22H,3-8,12H2,1-2H3/b13-9+/t18?,19-,21-,22+/m0/s1. The molecule has 0 saturated carbocycles. The number of allylic oxidation sites excluding steroid dienone is 4. The molecule has 1 heterocycles. The quantitative estimate of drug-likeness (QED) is 0.467. The molecule has 130 valence electrons. The van der Waals surface area contributed by atoms with Crippen molar-refractivity contribution in [3.05, 3.63) is 47.6 Å². The SMILES string of the molecule is CCCCCCC/C=C/[C@@H]1O[C@H]2C(=O)C=C3C=CCC3[C@@H]2C=C1C. The van der Waals surface area contributed by atoms with Crippen LogP contribution in [-0.4, -0.2) is 18.0 Å². The first kappa shape index (κ1) is 17.4. The van der Waals surface area contributed by atoms with Gasteiger partial charge in [-0.1, -0.05) is 63.0 Å². The van der Waals surface area contributed by atoms with E-state index in [-0.39, 0.29) is 23.9 Å². The van der Waals surface area contributed by atoms with Crippen molar-refractivity contribution in [3.8, 4) is 0 Å². The second-order valence-corrected chi connectivity index (χ2v) is 7.39. The second kappa shape index (κ2) is 8.11. The summed E-state index contributed by atoms with van der Waals surface area (Å²) in [5.74, 6) is 0.789. The van der Waals surface area contributed by atoms with E-state index in [4.69, 9.17) is 4.74 Å². The Morgan fingerprint density at radius 2 is 2.08 bits per heavy atom.